The van der Waals surface area contributed by atoms with E-state index < -0.39 is 11.7 Å². The summed E-state index contributed by atoms with van der Waals surface area (Å²) in [6, 6.07) is 1.54. The minimum Gasteiger partial charge on any atom is -0.382 e. The SMILES string of the molecule is COCCOCCOCCOCCCN(C1CCC(C(=O)N2CCc3ncc(C(F)(F)F)cc3C2)C1)C1CCOCC1OC. The van der Waals surface area contributed by atoms with Gasteiger partial charge in [-0.2, -0.15) is 13.2 Å². The maximum Gasteiger partial charge on any atom is 0.417 e. The molecule has 4 atom stereocenters. The Balaban J connectivity index is 1.27. The number of hydrogen-bond acceptors (Lipinski definition) is 9. The third-order valence-electron chi connectivity index (χ3n) is 8.78. The molecule has 3 heterocycles. The molecule has 10 nitrogen and oxygen atoms in total. The first-order valence-electron chi connectivity index (χ1n) is 15.7. The summed E-state index contributed by atoms with van der Waals surface area (Å²) in [6.45, 7) is 6.43. The van der Waals surface area contributed by atoms with Crippen molar-refractivity contribution in [3.63, 3.8) is 0 Å². The number of ether oxygens (including phenoxy) is 6. The average molecular weight is 632 g/mol. The standard InChI is InChI=1S/C31H48F3N3O7/c1-39-12-13-42-16-17-43-15-14-41-10-3-8-37(28-7-11-44-22-29(28)40-2)26-5-4-23(19-26)30(38)36-9-6-27-24(21-36)18-25(20-35-27)31(32,33)34/h18,20,23,26,28-29H,3-17,19,21-22H2,1-2H3. The third kappa shape index (κ3) is 10.1. The van der Waals surface area contributed by atoms with Crippen LogP contribution in [0.5, 0.6) is 0 Å². The van der Waals surface area contributed by atoms with Crippen LogP contribution in [-0.2, 0) is 52.4 Å². The Morgan fingerprint density at radius 1 is 1.05 bits per heavy atom. The van der Waals surface area contributed by atoms with Gasteiger partial charge in [0.25, 0.3) is 0 Å². The lowest BCUT2D eigenvalue weighted by Gasteiger charge is -2.42. The monoisotopic (exact) mass is 631 g/mol. The fourth-order valence-electron chi connectivity index (χ4n) is 6.47. The Bertz CT molecular complexity index is 1020. The molecule has 1 saturated carbocycles. The molecule has 0 spiro atoms. The number of rotatable bonds is 17. The summed E-state index contributed by atoms with van der Waals surface area (Å²) < 4.78 is 73.0. The number of aromatic nitrogens is 1. The molecule has 0 aromatic carbocycles. The number of carbonyl (C=O) groups excluding carboxylic acids is 1. The van der Waals surface area contributed by atoms with E-state index >= 15 is 0 Å². The Morgan fingerprint density at radius 2 is 1.77 bits per heavy atom. The van der Waals surface area contributed by atoms with Gasteiger partial charge in [0.2, 0.25) is 5.91 Å². The van der Waals surface area contributed by atoms with E-state index in [-0.39, 0.29) is 36.6 Å². The van der Waals surface area contributed by atoms with Gasteiger partial charge in [-0.25, -0.2) is 0 Å². The largest absolute Gasteiger partial charge is 0.417 e. The van der Waals surface area contributed by atoms with Gasteiger partial charge in [-0.15, -0.1) is 0 Å². The lowest BCUT2D eigenvalue weighted by Crippen LogP contribution is -2.53. The predicted octanol–water partition coefficient (Wildman–Crippen LogP) is 3.35. The van der Waals surface area contributed by atoms with Crippen molar-refractivity contribution < 1.29 is 46.4 Å². The molecule has 1 amide bonds. The zero-order chi connectivity index (χ0) is 31.4. The van der Waals surface area contributed by atoms with E-state index in [1.165, 1.54) is 0 Å². The highest BCUT2D eigenvalue weighted by atomic mass is 19.4. The second-order valence-corrected chi connectivity index (χ2v) is 11.6. The van der Waals surface area contributed by atoms with Crippen LogP contribution in [0, 0.1) is 5.92 Å². The minimum absolute atomic E-state index is 0.0261. The number of alkyl halides is 3. The predicted molar refractivity (Wildman–Crippen MR) is 155 cm³/mol. The van der Waals surface area contributed by atoms with Crippen molar-refractivity contribution in [2.75, 3.05) is 86.8 Å². The number of pyridine rings is 1. The Hall–Kier alpha value is -1.87. The van der Waals surface area contributed by atoms with Crippen molar-refractivity contribution in [3.05, 3.63) is 29.1 Å². The molecule has 0 N–H and O–H groups in total. The first kappa shape index (κ1) is 35.0. The Kier molecular flexibility index (Phi) is 14.1. The molecule has 4 rings (SSSR count). The smallest absolute Gasteiger partial charge is 0.382 e. The number of carbonyl (C=O) groups is 1. The molecule has 0 radical (unpaired) electrons. The van der Waals surface area contributed by atoms with Crippen molar-refractivity contribution >= 4 is 5.91 Å². The summed E-state index contributed by atoms with van der Waals surface area (Å²) in [7, 11) is 3.35. The summed E-state index contributed by atoms with van der Waals surface area (Å²) in [5.74, 6) is -0.131. The van der Waals surface area contributed by atoms with Gasteiger partial charge >= 0.3 is 6.18 Å². The zero-order valence-corrected chi connectivity index (χ0v) is 26.0. The topological polar surface area (TPSA) is 91.8 Å². The average Bonchev–Trinajstić information content (AvgIpc) is 3.52. The van der Waals surface area contributed by atoms with E-state index in [1.54, 1.807) is 19.1 Å². The molecule has 250 valence electrons. The number of fused-ring (bicyclic) bond motifs is 1. The van der Waals surface area contributed by atoms with Gasteiger partial charge in [0, 0.05) is 83.4 Å². The molecular weight excluding hydrogens is 583 g/mol. The summed E-state index contributed by atoms with van der Waals surface area (Å²) in [5, 5.41) is 0. The highest BCUT2D eigenvalue weighted by Gasteiger charge is 2.41. The van der Waals surface area contributed by atoms with Gasteiger partial charge in [-0.3, -0.25) is 14.7 Å². The van der Waals surface area contributed by atoms with Crippen LogP contribution in [-0.4, -0.2) is 126 Å². The van der Waals surface area contributed by atoms with Crippen LogP contribution in [0.15, 0.2) is 12.3 Å². The van der Waals surface area contributed by atoms with Crippen LogP contribution in [0.2, 0.25) is 0 Å². The van der Waals surface area contributed by atoms with Crippen molar-refractivity contribution in [3.8, 4) is 0 Å². The fourth-order valence-corrected chi connectivity index (χ4v) is 6.47. The molecule has 4 unspecified atom stereocenters. The van der Waals surface area contributed by atoms with E-state index in [9.17, 15) is 18.0 Å². The molecule has 1 aromatic rings. The van der Waals surface area contributed by atoms with E-state index in [0.29, 0.717) is 83.7 Å². The fraction of sp³-hybridized carbons (Fsp3) is 0.806. The van der Waals surface area contributed by atoms with Crippen molar-refractivity contribution in [1.82, 2.24) is 14.8 Å². The van der Waals surface area contributed by atoms with E-state index in [1.807, 2.05) is 0 Å². The van der Waals surface area contributed by atoms with Crippen LogP contribution in [0.1, 0.15) is 48.9 Å². The van der Waals surface area contributed by atoms with E-state index in [4.69, 9.17) is 28.4 Å². The van der Waals surface area contributed by atoms with Gasteiger partial charge in [-0.05, 0) is 43.7 Å². The maximum atomic E-state index is 13.6. The highest BCUT2D eigenvalue weighted by molar-refractivity contribution is 5.79. The van der Waals surface area contributed by atoms with Crippen molar-refractivity contribution in [1.29, 1.82) is 0 Å². The Labute approximate surface area is 258 Å². The summed E-state index contributed by atoms with van der Waals surface area (Å²) in [6.07, 6.45) is 0.893. The zero-order valence-electron chi connectivity index (χ0n) is 26.0. The number of halogens is 3. The number of amides is 1. The molecule has 2 fully saturated rings. The van der Waals surface area contributed by atoms with Gasteiger partial charge in [-0.1, -0.05) is 0 Å². The molecule has 1 aliphatic carbocycles. The van der Waals surface area contributed by atoms with Crippen LogP contribution in [0.25, 0.3) is 0 Å². The molecule has 13 heteroatoms. The van der Waals surface area contributed by atoms with Crippen LogP contribution in [0.3, 0.4) is 0 Å². The molecule has 44 heavy (non-hydrogen) atoms. The minimum atomic E-state index is -4.46. The summed E-state index contributed by atoms with van der Waals surface area (Å²) in [4.78, 5) is 21.9. The van der Waals surface area contributed by atoms with E-state index in [2.05, 4.69) is 9.88 Å². The van der Waals surface area contributed by atoms with E-state index in [0.717, 1.165) is 50.9 Å². The van der Waals surface area contributed by atoms with Gasteiger partial charge in [0.1, 0.15) is 0 Å². The Morgan fingerprint density at radius 3 is 2.48 bits per heavy atom. The maximum absolute atomic E-state index is 13.6. The first-order valence-corrected chi connectivity index (χ1v) is 15.7. The van der Waals surface area contributed by atoms with Gasteiger partial charge < -0.3 is 33.3 Å². The first-order chi connectivity index (χ1) is 21.3. The number of methoxy groups -OCH3 is 2. The van der Waals surface area contributed by atoms with Crippen LogP contribution in [0.4, 0.5) is 13.2 Å². The number of nitrogens with zero attached hydrogens (tertiary/aromatic N) is 3. The molecule has 1 saturated heterocycles. The molecule has 0 bridgehead atoms. The second kappa shape index (κ2) is 17.7. The summed E-state index contributed by atoms with van der Waals surface area (Å²) in [5.41, 5.74) is 0.357. The van der Waals surface area contributed by atoms with Gasteiger partial charge in [0.05, 0.1) is 57.9 Å². The lowest BCUT2D eigenvalue weighted by atomic mass is 9.98. The van der Waals surface area contributed by atoms with Gasteiger partial charge in [0.15, 0.2) is 0 Å². The molecule has 3 aliphatic rings. The molecule has 2 aliphatic heterocycles. The van der Waals surface area contributed by atoms with Crippen LogP contribution >= 0.6 is 0 Å². The molecular formula is C31H48F3N3O7. The number of hydrogen-bond donors (Lipinski definition) is 0. The second-order valence-electron chi connectivity index (χ2n) is 11.6. The lowest BCUT2D eigenvalue weighted by molar-refractivity contribution is -0.138. The third-order valence-corrected chi connectivity index (χ3v) is 8.78. The van der Waals surface area contributed by atoms with Crippen molar-refractivity contribution in [2.45, 2.75) is 69.4 Å². The van der Waals surface area contributed by atoms with Crippen LogP contribution < -0.4 is 0 Å². The highest BCUT2D eigenvalue weighted by Crippen LogP contribution is 2.36. The normalized spacial score (nSPS) is 24.2. The summed E-state index contributed by atoms with van der Waals surface area (Å²) >= 11 is 0. The molecule has 1 aromatic heterocycles. The van der Waals surface area contributed by atoms with Crippen molar-refractivity contribution in [2.24, 2.45) is 5.92 Å². The quantitative estimate of drug-likeness (QED) is 0.240.